The average Bonchev–Trinajstić information content (AvgIpc) is 3.35. The molecule has 1 amide bonds. The van der Waals surface area contributed by atoms with Crippen LogP contribution in [0.1, 0.15) is 10.5 Å². The highest BCUT2D eigenvalue weighted by Crippen LogP contribution is 2.22. The minimum Gasteiger partial charge on any atom is -0.383 e. The van der Waals surface area contributed by atoms with Gasteiger partial charge in [0.25, 0.3) is 5.91 Å². The molecule has 0 fully saturated rings. The first-order valence-corrected chi connectivity index (χ1v) is 8.61. The van der Waals surface area contributed by atoms with E-state index in [1.165, 1.54) is 0 Å². The molecule has 0 aliphatic heterocycles. The lowest BCUT2D eigenvalue weighted by Crippen LogP contribution is -2.29. The summed E-state index contributed by atoms with van der Waals surface area (Å²) >= 11 is 0. The summed E-state index contributed by atoms with van der Waals surface area (Å²) in [6, 6.07) is 13.7. The van der Waals surface area contributed by atoms with E-state index in [0.29, 0.717) is 18.8 Å². The number of rotatable bonds is 6. The molecule has 4 aromatic heterocycles. The van der Waals surface area contributed by atoms with E-state index < -0.39 is 0 Å². The van der Waals surface area contributed by atoms with E-state index in [2.05, 4.69) is 21.5 Å². The molecule has 4 aromatic rings. The van der Waals surface area contributed by atoms with Crippen molar-refractivity contribution < 1.29 is 9.53 Å². The van der Waals surface area contributed by atoms with Crippen molar-refractivity contribution in [2.45, 2.75) is 0 Å². The maximum atomic E-state index is 12.5. The molecule has 1 N–H and O–H groups in total. The van der Waals surface area contributed by atoms with Gasteiger partial charge >= 0.3 is 0 Å². The van der Waals surface area contributed by atoms with Crippen molar-refractivity contribution >= 4 is 11.4 Å². The molecule has 0 spiro atoms. The fourth-order valence-electron chi connectivity index (χ4n) is 2.98. The van der Waals surface area contributed by atoms with Gasteiger partial charge in [-0.25, -0.2) is 4.68 Å². The Bertz CT molecular complexity index is 1070. The molecule has 0 unspecified atom stereocenters. The van der Waals surface area contributed by atoms with Crippen molar-refractivity contribution in [3.05, 3.63) is 72.9 Å². The van der Waals surface area contributed by atoms with Crippen LogP contribution in [0.4, 0.5) is 0 Å². The van der Waals surface area contributed by atoms with Gasteiger partial charge in [-0.3, -0.25) is 9.78 Å². The molecule has 0 aliphatic carbocycles. The Morgan fingerprint density at radius 3 is 2.81 bits per heavy atom. The summed E-state index contributed by atoms with van der Waals surface area (Å²) in [6.07, 6.45) is 7.22. The molecule has 0 saturated carbocycles. The molecule has 0 aromatic carbocycles. The zero-order valence-electron chi connectivity index (χ0n) is 14.9. The molecule has 7 heteroatoms. The van der Waals surface area contributed by atoms with Crippen molar-refractivity contribution in [2.24, 2.45) is 0 Å². The topological polar surface area (TPSA) is 73.4 Å². The van der Waals surface area contributed by atoms with Crippen LogP contribution in [0.2, 0.25) is 0 Å². The van der Waals surface area contributed by atoms with Crippen molar-refractivity contribution in [3.63, 3.8) is 0 Å². The lowest BCUT2D eigenvalue weighted by molar-refractivity contribution is 0.0929. The molecule has 27 heavy (non-hydrogen) atoms. The van der Waals surface area contributed by atoms with Gasteiger partial charge < -0.3 is 14.5 Å². The Balaban J connectivity index is 1.73. The number of carbonyl (C=O) groups excluding carboxylic acids is 1. The first kappa shape index (κ1) is 17.0. The van der Waals surface area contributed by atoms with Crippen LogP contribution in [0, 0.1) is 0 Å². The van der Waals surface area contributed by atoms with Crippen LogP contribution in [-0.2, 0) is 4.74 Å². The first-order valence-electron chi connectivity index (χ1n) is 8.61. The standard InChI is InChI=1S/C20H19N5O2/c1-27-12-11-22-20(26)18-8-10-23-25(18)19-7-6-17-5-4-16(14-24(17)19)15-3-2-9-21-13-15/h2-10,13-14H,11-12H2,1H3,(H,22,26). The van der Waals surface area contributed by atoms with E-state index in [9.17, 15) is 4.79 Å². The van der Waals surface area contributed by atoms with Crippen LogP contribution in [0.3, 0.4) is 0 Å². The summed E-state index contributed by atoms with van der Waals surface area (Å²) in [5.74, 6) is 0.598. The monoisotopic (exact) mass is 361 g/mol. The predicted molar refractivity (Wildman–Crippen MR) is 102 cm³/mol. The van der Waals surface area contributed by atoms with Gasteiger partial charge in [-0.15, -0.1) is 0 Å². The molecule has 0 atom stereocenters. The van der Waals surface area contributed by atoms with E-state index in [-0.39, 0.29) is 5.91 Å². The third-order valence-corrected chi connectivity index (χ3v) is 4.31. The lowest BCUT2D eigenvalue weighted by atomic mass is 10.1. The van der Waals surface area contributed by atoms with Gasteiger partial charge in [-0.1, -0.05) is 12.1 Å². The summed E-state index contributed by atoms with van der Waals surface area (Å²) in [7, 11) is 1.60. The SMILES string of the molecule is COCCNC(=O)c1ccnn1-c1ccc2ccc(-c3cccnc3)cn12. The van der Waals surface area contributed by atoms with E-state index in [1.54, 1.807) is 30.3 Å². The molecule has 0 bridgehead atoms. The molecule has 0 aliphatic rings. The number of aromatic nitrogens is 4. The number of carbonyl (C=O) groups is 1. The summed E-state index contributed by atoms with van der Waals surface area (Å²) in [5, 5.41) is 7.18. The van der Waals surface area contributed by atoms with Crippen LogP contribution in [0.5, 0.6) is 0 Å². The second kappa shape index (κ2) is 7.43. The summed E-state index contributed by atoms with van der Waals surface area (Å²) in [4.78, 5) is 16.7. The third kappa shape index (κ3) is 3.32. The highest BCUT2D eigenvalue weighted by molar-refractivity contribution is 5.93. The lowest BCUT2D eigenvalue weighted by Gasteiger charge is -2.10. The average molecular weight is 361 g/mol. The van der Waals surface area contributed by atoms with E-state index in [4.69, 9.17) is 4.74 Å². The van der Waals surface area contributed by atoms with Crippen LogP contribution < -0.4 is 5.32 Å². The highest BCUT2D eigenvalue weighted by Gasteiger charge is 2.15. The maximum Gasteiger partial charge on any atom is 0.270 e. The van der Waals surface area contributed by atoms with Gasteiger partial charge in [0.05, 0.1) is 12.8 Å². The Kier molecular flexibility index (Phi) is 4.67. The van der Waals surface area contributed by atoms with Gasteiger partial charge in [0.1, 0.15) is 11.5 Å². The zero-order chi connectivity index (χ0) is 18.6. The summed E-state index contributed by atoms with van der Waals surface area (Å²) in [6.45, 7) is 0.906. The minimum atomic E-state index is -0.192. The minimum absolute atomic E-state index is 0.192. The van der Waals surface area contributed by atoms with Crippen molar-refractivity contribution in [1.29, 1.82) is 0 Å². The Morgan fingerprint density at radius 2 is 2.00 bits per heavy atom. The number of nitrogens with zero attached hydrogens (tertiary/aromatic N) is 4. The van der Waals surface area contributed by atoms with Gasteiger partial charge in [0, 0.05) is 43.3 Å². The van der Waals surface area contributed by atoms with E-state index in [1.807, 2.05) is 47.1 Å². The van der Waals surface area contributed by atoms with Crippen LogP contribution in [0.25, 0.3) is 22.5 Å². The largest absolute Gasteiger partial charge is 0.383 e. The van der Waals surface area contributed by atoms with Crippen LogP contribution in [0.15, 0.2) is 67.3 Å². The Labute approximate surface area is 156 Å². The smallest absolute Gasteiger partial charge is 0.270 e. The number of hydrogen-bond donors (Lipinski definition) is 1. The third-order valence-electron chi connectivity index (χ3n) is 4.31. The number of methoxy groups -OCH3 is 1. The molecule has 4 rings (SSSR count). The zero-order valence-corrected chi connectivity index (χ0v) is 14.9. The van der Waals surface area contributed by atoms with E-state index in [0.717, 1.165) is 22.5 Å². The molecular formula is C20H19N5O2. The normalized spacial score (nSPS) is 11.0. The quantitative estimate of drug-likeness (QED) is 0.536. The maximum absolute atomic E-state index is 12.5. The number of amides is 1. The fraction of sp³-hybridized carbons (Fsp3) is 0.150. The summed E-state index contributed by atoms with van der Waals surface area (Å²) in [5.41, 5.74) is 3.54. The number of ether oxygens (including phenoxy) is 1. The van der Waals surface area contributed by atoms with Gasteiger partial charge in [0.15, 0.2) is 0 Å². The number of hydrogen-bond acceptors (Lipinski definition) is 4. The second-order valence-electron chi connectivity index (χ2n) is 6.02. The van der Waals surface area contributed by atoms with Gasteiger partial charge in [-0.2, -0.15) is 5.10 Å². The molecule has 4 heterocycles. The molecule has 7 nitrogen and oxygen atoms in total. The molecule has 136 valence electrons. The fourth-order valence-corrected chi connectivity index (χ4v) is 2.98. The van der Waals surface area contributed by atoms with Gasteiger partial charge in [-0.05, 0) is 35.9 Å². The second-order valence-corrected chi connectivity index (χ2v) is 6.02. The molecular weight excluding hydrogens is 342 g/mol. The molecule has 0 saturated heterocycles. The number of nitrogens with one attached hydrogen (secondary N) is 1. The Morgan fingerprint density at radius 1 is 1.11 bits per heavy atom. The number of pyridine rings is 2. The molecule has 0 radical (unpaired) electrons. The summed E-state index contributed by atoms with van der Waals surface area (Å²) < 4.78 is 8.63. The van der Waals surface area contributed by atoms with Gasteiger partial charge in [0.2, 0.25) is 0 Å². The predicted octanol–water partition coefficient (Wildman–Crippen LogP) is 2.56. The van der Waals surface area contributed by atoms with Crippen molar-refractivity contribution in [2.75, 3.05) is 20.3 Å². The van der Waals surface area contributed by atoms with Crippen LogP contribution in [-0.4, -0.2) is 45.3 Å². The van der Waals surface area contributed by atoms with Crippen molar-refractivity contribution in [1.82, 2.24) is 24.5 Å². The highest BCUT2D eigenvalue weighted by atomic mass is 16.5. The number of fused-ring (bicyclic) bond motifs is 1. The Hall–Kier alpha value is -3.45. The van der Waals surface area contributed by atoms with Crippen molar-refractivity contribution in [3.8, 4) is 16.9 Å². The first-order chi connectivity index (χ1) is 13.3. The van der Waals surface area contributed by atoms with E-state index >= 15 is 0 Å². The van der Waals surface area contributed by atoms with Crippen LogP contribution >= 0.6 is 0 Å².